The fraction of sp³-hybridized carbons (Fsp3) is 0.476. The van der Waals surface area contributed by atoms with E-state index in [2.05, 4.69) is 0 Å². The molecule has 0 aromatic heterocycles. The maximum atomic E-state index is 11.5. The van der Waals surface area contributed by atoms with Crippen molar-refractivity contribution in [2.75, 3.05) is 0 Å². The van der Waals surface area contributed by atoms with E-state index < -0.39 is 29.6 Å². The highest BCUT2D eigenvalue weighted by Gasteiger charge is 2.48. The van der Waals surface area contributed by atoms with E-state index in [1.54, 1.807) is 29.1 Å². The van der Waals surface area contributed by atoms with Gasteiger partial charge in [-0.2, -0.15) is 0 Å². The molecule has 0 unspecified atom stereocenters. The van der Waals surface area contributed by atoms with Gasteiger partial charge in [-0.25, -0.2) is 4.79 Å². The molecular weight excluding hydrogens is 418 g/mol. The van der Waals surface area contributed by atoms with Crippen molar-refractivity contribution in [2.24, 2.45) is 23.5 Å². The van der Waals surface area contributed by atoms with Gasteiger partial charge >= 0.3 is 23.7 Å². The average molecular weight is 445 g/mol. The third-order valence-electron chi connectivity index (χ3n) is 6.10. The maximum absolute atomic E-state index is 11.5. The van der Waals surface area contributed by atoms with Crippen molar-refractivity contribution < 1.29 is 29.1 Å². The zero-order chi connectivity index (χ0) is 23.3. The van der Waals surface area contributed by atoms with Gasteiger partial charge in [-0.3, -0.25) is 40.9 Å². The molecule has 5 rings (SSSR count). The normalized spacial score (nSPS) is 26.7. The van der Waals surface area contributed by atoms with Crippen LogP contribution in [-0.2, 0) is 19.2 Å². The minimum Gasteiger partial charge on any atom is -0.474 e. The van der Waals surface area contributed by atoms with Crippen LogP contribution in [-0.4, -0.2) is 40.2 Å². The first kappa shape index (κ1) is 23.2. The van der Waals surface area contributed by atoms with Crippen LogP contribution in [0.1, 0.15) is 48.9 Å². The Labute approximate surface area is 184 Å². The molecule has 4 saturated carbocycles. The molecular formula is C21H27N5O6. The lowest BCUT2D eigenvalue weighted by Gasteiger charge is -2.55. The van der Waals surface area contributed by atoms with Crippen LogP contribution in [0.25, 0.3) is 0 Å². The van der Waals surface area contributed by atoms with Gasteiger partial charge in [0, 0.05) is 11.1 Å². The molecule has 11 heteroatoms. The lowest BCUT2D eigenvalue weighted by Crippen LogP contribution is -2.55. The number of carbonyl (C=O) groups is 5. The highest BCUT2D eigenvalue weighted by Crippen LogP contribution is 2.54. The summed E-state index contributed by atoms with van der Waals surface area (Å²) in [6, 6.07) is 7.85. The summed E-state index contributed by atoms with van der Waals surface area (Å²) in [6.07, 6.45) is 8.57. The third kappa shape index (κ3) is 6.03. The van der Waals surface area contributed by atoms with Crippen LogP contribution in [0.5, 0.6) is 0 Å². The Bertz CT molecular complexity index is 868. The molecule has 4 bridgehead atoms. The second kappa shape index (κ2) is 9.77. The van der Waals surface area contributed by atoms with E-state index in [1.807, 2.05) is 5.43 Å². The number of amides is 4. The molecule has 4 aliphatic carbocycles. The largest absolute Gasteiger partial charge is 0.474 e. The minimum atomic E-state index is -1.84. The predicted molar refractivity (Wildman–Crippen MR) is 111 cm³/mol. The number of hydrazine groups is 2. The second-order valence-corrected chi connectivity index (χ2v) is 8.77. The number of rotatable bonds is 1. The van der Waals surface area contributed by atoms with Crippen molar-refractivity contribution >= 4 is 29.6 Å². The standard InChI is InChI=1S/C11H10N4O6.C10H17N/c16-7(6-4-2-1-3-5-6)12-13-8(17)9(18)14-15-10(19)11(20)21;11-10-4-7-1-8(5-10)3-9(2-7)6-10/h1-5H,(H,12,16)(H,13,17)(H,14,18)(H,15,19)(H,20,21);7-9H,1-6,11H2. The maximum Gasteiger partial charge on any atom is 0.396 e. The van der Waals surface area contributed by atoms with Gasteiger partial charge < -0.3 is 10.8 Å². The number of carboxylic acids is 1. The Hall–Kier alpha value is -3.47. The van der Waals surface area contributed by atoms with E-state index in [4.69, 9.17) is 10.8 Å². The van der Waals surface area contributed by atoms with Crippen LogP contribution >= 0.6 is 0 Å². The van der Waals surface area contributed by atoms with Crippen LogP contribution < -0.4 is 27.4 Å². The Morgan fingerprint density at radius 2 is 1.19 bits per heavy atom. The lowest BCUT2D eigenvalue weighted by molar-refractivity contribution is -0.151. The topological polar surface area (TPSA) is 180 Å². The molecule has 4 amide bonds. The smallest absolute Gasteiger partial charge is 0.396 e. The first-order valence-electron chi connectivity index (χ1n) is 10.4. The Balaban J connectivity index is 0.000000215. The zero-order valence-corrected chi connectivity index (χ0v) is 17.4. The van der Waals surface area contributed by atoms with Gasteiger partial charge in [0.25, 0.3) is 5.91 Å². The number of hydrogen-bond acceptors (Lipinski definition) is 6. The number of carbonyl (C=O) groups excluding carboxylic acids is 4. The van der Waals surface area contributed by atoms with E-state index in [1.165, 1.54) is 56.1 Å². The van der Waals surface area contributed by atoms with E-state index in [-0.39, 0.29) is 5.56 Å². The van der Waals surface area contributed by atoms with E-state index in [0.717, 1.165) is 17.8 Å². The van der Waals surface area contributed by atoms with Gasteiger partial charge in [0.05, 0.1) is 0 Å². The number of carboxylic acid groups (broad SMARTS) is 1. The van der Waals surface area contributed by atoms with Gasteiger partial charge in [0.1, 0.15) is 0 Å². The van der Waals surface area contributed by atoms with Crippen LogP contribution in [0, 0.1) is 17.8 Å². The number of aliphatic carboxylic acids is 1. The summed E-state index contributed by atoms with van der Waals surface area (Å²) in [7, 11) is 0. The predicted octanol–water partition coefficient (Wildman–Crippen LogP) is -0.406. The Morgan fingerprint density at radius 3 is 1.62 bits per heavy atom. The summed E-state index contributed by atoms with van der Waals surface area (Å²) in [4.78, 5) is 54.6. The minimum absolute atomic E-state index is 0.248. The molecule has 4 aliphatic rings. The summed E-state index contributed by atoms with van der Waals surface area (Å²) in [5.74, 6) is -3.63. The first-order valence-corrected chi connectivity index (χ1v) is 10.4. The van der Waals surface area contributed by atoms with Gasteiger partial charge in [0.15, 0.2) is 0 Å². The molecule has 0 spiro atoms. The van der Waals surface area contributed by atoms with E-state index in [0.29, 0.717) is 5.54 Å². The molecule has 0 radical (unpaired) electrons. The van der Waals surface area contributed by atoms with E-state index in [9.17, 15) is 24.0 Å². The van der Waals surface area contributed by atoms with Crippen molar-refractivity contribution in [1.29, 1.82) is 0 Å². The Morgan fingerprint density at radius 1 is 0.750 bits per heavy atom. The molecule has 7 N–H and O–H groups in total. The number of benzene rings is 1. The zero-order valence-electron chi connectivity index (χ0n) is 17.4. The van der Waals surface area contributed by atoms with Crippen molar-refractivity contribution in [3.05, 3.63) is 35.9 Å². The van der Waals surface area contributed by atoms with Crippen LogP contribution in [0.3, 0.4) is 0 Å². The number of nitrogens with one attached hydrogen (secondary N) is 4. The Kier molecular flexibility index (Phi) is 7.08. The molecule has 4 fully saturated rings. The highest BCUT2D eigenvalue weighted by molar-refractivity contribution is 6.36. The third-order valence-corrected chi connectivity index (χ3v) is 6.10. The summed E-state index contributed by atoms with van der Waals surface area (Å²) in [6.45, 7) is 0. The van der Waals surface area contributed by atoms with Gasteiger partial charge in [-0.15, -0.1) is 0 Å². The molecule has 0 aliphatic heterocycles. The molecule has 11 nitrogen and oxygen atoms in total. The number of hydrogen-bond donors (Lipinski definition) is 6. The van der Waals surface area contributed by atoms with E-state index >= 15 is 0 Å². The monoisotopic (exact) mass is 445 g/mol. The molecule has 172 valence electrons. The van der Waals surface area contributed by atoms with Crippen LogP contribution in [0.4, 0.5) is 0 Å². The summed E-state index contributed by atoms with van der Waals surface area (Å²) in [5.41, 5.74) is 13.6. The molecule has 0 heterocycles. The summed E-state index contributed by atoms with van der Waals surface area (Å²) >= 11 is 0. The molecule has 32 heavy (non-hydrogen) atoms. The van der Waals surface area contributed by atoms with Crippen molar-refractivity contribution in [3.63, 3.8) is 0 Å². The molecule has 0 saturated heterocycles. The molecule has 0 atom stereocenters. The summed E-state index contributed by atoms with van der Waals surface area (Å²) in [5, 5.41) is 8.21. The van der Waals surface area contributed by atoms with Gasteiger partial charge in [0.2, 0.25) is 0 Å². The average Bonchev–Trinajstić information content (AvgIpc) is 2.74. The quantitative estimate of drug-likeness (QED) is 0.251. The molecule has 1 aromatic carbocycles. The fourth-order valence-electron chi connectivity index (χ4n) is 5.23. The number of nitrogens with two attached hydrogens (primary N) is 1. The lowest BCUT2D eigenvalue weighted by atomic mass is 9.53. The highest BCUT2D eigenvalue weighted by atomic mass is 16.4. The van der Waals surface area contributed by atoms with Crippen molar-refractivity contribution in [3.8, 4) is 0 Å². The van der Waals surface area contributed by atoms with Crippen LogP contribution in [0.2, 0.25) is 0 Å². The fourth-order valence-corrected chi connectivity index (χ4v) is 5.23. The second-order valence-electron chi connectivity index (χ2n) is 8.77. The van der Waals surface area contributed by atoms with Crippen molar-refractivity contribution in [2.45, 2.75) is 44.1 Å². The first-order chi connectivity index (χ1) is 15.1. The molecule has 1 aromatic rings. The van der Waals surface area contributed by atoms with Crippen LogP contribution in [0.15, 0.2) is 30.3 Å². The van der Waals surface area contributed by atoms with Gasteiger partial charge in [-0.1, -0.05) is 18.2 Å². The summed E-state index contributed by atoms with van der Waals surface area (Å²) < 4.78 is 0. The van der Waals surface area contributed by atoms with Gasteiger partial charge in [-0.05, 0) is 68.4 Å². The SMILES string of the molecule is NC12CC3CC(CC(C3)C1)C2.O=C(O)C(=O)NNC(=O)C(=O)NNC(=O)c1ccccc1. The van der Waals surface area contributed by atoms with Crippen molar-refractivity contribution in [1.82, 2.24) is 21.7 Å².